The van der Waals surface area contributed by atoms with Crippen LogP contribution in [0.15, 0.2) is 60.7 Å². The number of nitrogens with zero attached hydrogens (tertiary/aromatic N) is 4. The number of nitrogens with one attached hydrogen (secondary N) is 3. The lowest BCUT2D eigenvalue weighted by Crippen LogP contribution is -2.43. The Labute approximate surface area is 257 Å². The van der Waals surface area contributed by atoms with E-state index >= 15 is 0 Å². The number of likely N-dealkylation sites (N-methyl/N-ethyl adjacent to an activating group) is 1. The Morgan fingerprint density at radius 3 is 2.33 bits per heavy atom. The van der Waals surface area contributed by atoms with Gasteiger partial charge in [0.05, 0.1) is 5.39 Å². The molecule has 0 radical (unpaired) electrons. The molecule has 5 rings (SSSR count). The van der Waals surface area contributed by atoms with Gasteiger partial charge in [-0.25, -0.2) is 9.97 Å². The fraction of sp³-hybridized carbons (Fsp3) is 0.344. The predicted molar refractivity (Wildman–Crippen MR) is 172 cm³/mol. The van der Waals surface area contributed by atoms with Crippen LogP contribution in [0.1, 0.15) is 24.6 Å². The maximum atomic E-state index is 10.9. The zero-order chi connectivity index (χ0) is 31.0. The molecule has 0 spiro atoms. The largest absolute Gasteiger partial charge is 0.368 e. The van der Waals surface area contributed by atoms with Gasteiger partial charge in [0.15, 0.2) is 5.82 Å². The molecule has 228 valence electrons. The fourth-order valence-corrected chi connectivity index (χ4v) is 4.34. The van der Waals surface area contributed by atoms with Crippen molar-refractivity contribution in [1.82, 2.24) is 30.1 Å². The third kappa shape index (κ3) is 11.5. The summed E-state index contributed by atoms with van der Waals surface area (Å²) >= 11 is 5.68. The standard InChI is InChI=1S/C17H19N5O.C9H9ClO.C6H12N2O/c1-11-10-14-16(19-9-8-18-12(2)23)21-15(22-17(14)20-11)13-6-4-3-5-7-13;10-9-5-3-8(4-6-9)2-1-7-11;1-7-2-4-8(6-9)5-3-7/h3-7,10H,8-9H2,1-2H3,(H,18,23)(H2,19,20,21,22);3-7H,1-2H2;6H,2-5H2,1H3. The van der Waals surface area contributed by atoms with E-state index in [1.165, 1.54) is 6.92 Å². The van der Waals surface area contributed by atoms with Crippen LogP contribution in [0.4, 0.5) is 5.82 Å². The number of rotatable bonds is 9. The number of aromatic amines is 1. The Morgan fingerprint density at radius 2 is 1.70 bits per heavy atom. The number of aromatic nitrogens is 3. The minimum absolute atomic E-state index is 0.0397. The van der Waals surface area contributed by atoms with Gasteiger partial charge in [-0.1, -0.05) is 54.1 Å². The van der Waals surface area contributed by atoms with Crippen molar-refractivity contribution >= 4 is 47.1 Å². The molecule has 0 aliphatic carbocycles. The third-order valence-corrected chi connectivity index (χ3v) is 6.85. The van der Waals surface area contributed by atoms with Crippen molar-refractivity contribution in [2.45, 2.75) is 26.7 Å². The molecule has 4 aromatic rings. The summed E-state index contributed by atoms with van der Waals surface area (Å²) in [5, 5.41) is 7.73. The van der Waals surface area contributed by atoms with Gasteiger partial charge in [-0.15, -0.1) is 0 Å². The average Bonchev–Trinajstić information content (AvgIpc) is 3.40. The van der Waals surface area contributed by atoms with Gasteiger partial charge >= 0.3 is 0 Å². The number of aldehydes is 1. The SMILES string of the molecule is CC(=O)NCCNc1nc(-c2ccccc2)nc2[nH]c(C)cc12.CN1CCN(C=O)CC1.O=CCCc1ccc(Cl)cc1. The number of anilines is 1. The van der Waals surface area contributed by atoms with E-state index in [0.29, 0.717) is 25.3 Å². The van der Waals surface area contributed by atoms with Gasteiger partial charge in [0.2, 0.25) is 12.3 Å². The van der Waals surface area contributed by atoms with Crippen LogP contribution in [-0.2, 0) is 20.8 Å². The molecule has 10 nitrogen and oxygen atoms in total. The number of carbonyl (C=O) groups is 3. The molecule has 3 N–H and O–H groups in total. The molecule has 1 saturated heterocycles. The van der Waals surface area contributed by atoms with Gasteiger partial charge in [-0.3, -0.25) is 9.59 Å². The first kappa shape index (κ1) is 33.2. The first-order valence-corrected chi connectivity index (χ1v) is 14.6. The highest BCUT2D eigenvalue weighted by atomic mass is 35.5. The maximum Gasteiger partial charge on any atom is 0.216 e. The lowest BCUT2D eigenvalue weighted by molar-refractivity contribution is -0.120. The Hall–Kier alpha value is -4.28. The number of amides is 2. The van der Waals surface area contributed by atoms with Crippen LogP contribution < -0.4 is 10.6 Å². The van der Waals surface area contributed by atoms with E-state index in [1.807, 2.05) is 67.6 Å². The van der Waals surface area contributed by atoms with Crippen molar-refractivity contribution in [2.24, 2.45) is 0 Å². The zero-order valence-corrected chi connectivity index (χ0v) is 25.7. The van der Waals surface area contributed by atoms with Crippen LogP contribution in [0.2, 0.25) is 5.02 Å². The Bertz CT molecular complexity index is 1440. The molecule has 2 amide bonds. The average molecular weight is 606 g/mol. The van der Waals surface area contributed by atoms with Gasteiger partial charge in [-0.05, 0) is 44.2 Å². The van der Waals surface area contributed by atoms with Crippen molar-refractivity contribution in [1.29, 1.82) is 0 Å². The van der Waals surface area contributed by atoms with Crippen molar-refractivity contribution in [3.63, 3.8) is 0 Å². The number of hydrogen-bond acceptors (Lipinski definition) is 7. The molecule has 1 fully saturated rings. The summed E-state index contributed by atoms with van der Waals surface area (Å²) in [5.41, 5.74) is 3.95. The summed E-state index contributed by atoms with van der Waals surface area (Å²) < 4.78 is 0. The van der Waals surface area contributed by atoms with Crippen LogP contribution in [0.25, 0.3) is 22.4 Å². The Morgan fingerprint density at radius 1 is 1.00 bits per heavy atom. The quantitative estimate of drug-likeness (QED) is 0.191. The minimum atomic E-state index is -0.0397. The summed E-state index contributed by atoms with van der Waals surface area (Å²) in [5.74, 6) is 1.40. The second kappa shape index (κ2) is 17.6. The molecule has 11 heteroatoms. The molecule has 3 heterocycles. The first-order valence-electron chi connectivity index (χ1n) is 14.3. The zero-order valence-electron chi connectivity index (χ0n) is 25.0. The van der Waals surface area contributed by atoms with Crippen LogP contribution in [0.5, 0.6) is 0 Å². The van der Waals surface area contributed by atoms with E-state index in [0.717, 1.165) is 84.0 Å². The summed E-state index contributed by atoms with van der Waals surface area (Å²) in [6.45, 7) is 8.45. The van der Waals surface area contributed by atoms with Crippen molar-refractivity contribution < 1.29 is 14.4 Å². The molecule has 0 atom stereocenters. The normalized spacial score (nSPS) is 12.8. The Balaban J connectivity index is 0.000000209. The summed E-state index contributed by atoms with van der Waals surface area (Å²) in [6, 6.07) is 19.4. The fourth-order valence-electron chi connectivity index (χ4n) is 4.22. The molecular weight excluding hydrogens is 566 g/mol. The van der Waals surface area contributed by atoms with Crippen LogP contribution in [0, 0.1) is 6.92 Å². The third-order valence-electron chi connectivity index (χ3n) is 6.60. The van der Waals surface area contributed by atoms with Crippen molar-refractivity contribution in [3.05, 3.63) is 76.9 Å². The van der Waals surface area contributed by atoms with Gasteiger partial charge in [0.1, 0.15) is 17.8 Å². The van der Waals surface area contributed by atoms with E-state index < -0.39 is 0 Å². The first-order chi connectivity index (χ1) is 20.8. The molecule has 0 unspecified atom stereocenters. The van der Waals surface area contributed by atoms with E-state index in [-0.39, 0.29) is 5.91 Å². The molecule has 0 saturated carbocycles. The van der Waals surface area contributed by atoms with Crippen molar-refractivity contribution in [2.75, 3.05) is 51.6 Å². The predicted octanol–water partition coefficient (Wildman–Crippen LogP) is 4.34. The number of carbonyl (C=O) groups excluding carboxylic acids is 3. The number of halogens is 1. The minimum Gasteiger partial charge on any atom is -0.368 e. The van der Waals surface area contributed by atoms with Crippen LogP contribution in [0.3, 0.4) is 0 Å². The lowest BCUT2D eigenvalue weighted by Gasteiger charge is -2.29. The number of hydrogen-bond donors (Lipinski definition) is 3. The van der Waals surface area contributed by atoms with Gasteiger partial charge in [0.25, 0.3) is 0 Å². The lowest BCUT2D eigenvalue weighted by atomic mass is 10.1. The molecule has 0 bridgehead atoms. The van der Waals surface area contributed by atoms with Crippen LogP contribution >= 0.6 is 11.6 Å². The van der Waals surface area contributed by atoms with Gasteiger partial charge < -0.3 is 30.2 Å². The second-order valence-corrected chi connectivity index (χ2v) is 10.6. The monoisotopic (exact) mass is 605 g/mol. The van der Waals surface area contributed by atoms with E-state index in [1.54, 1.807) is 4.90 Å². The number of piperazine rings is 1. The van der Waals surface area contributed by atoms with Crippen LogP contribution in [-0.4, -0.2) is 89.7 Å². The molecule has 1 aliphatic heterocycles. The number of aryl methyl sites for hydroxylation is 2. The highest BCUT2D eigenvalue weighted by Crippen LogP contribution is 2.25. The van der Waals surface area contributed by atoms with Gasteiger partial charge in [-0.2, -0.15) is 0 Å². The van der Waals surface area contributed by atoms with Gasteiger partial charge in [0, 0.05) is 68.9 Å². The maximum absolute atomic E-state index is 10.9. The highest BCUT2D eigenvalue weighted by Gasteiger charge is 2.12. The van der Waals surface area contributed by atoms with E-state index in [2.05, 4.69) is 37.5 Å². The topological polar surface area (TPSA) is 123 Å². The van der Waals surface area contributed by atoms with E-state index in [9.17, 15) is 14.4 Å². The number of fused-ring (bicyclic) bond motifs is 1. The number of H-pyrrole nitrogens is 1. The summed E-state index contributed by atoms with van der Waals surface area (Å²) in [7, 11) is 2.07. The summed E-state index contributed by atoms with van der Waals surface area (Å²) in [4.78, 5) is 47.7. The number of benzene rings is 2. The summed E-state index contributed by atoms with van der Waals surface area (Å²) in [6.07, 6.45) is 3.24. The van der Waals surface area contributed by atoms with E-state index in [4.69, 9.17) is 11.6 Å². The molecule has 43 heavy (non-hydrogen) atoms. The molecular formula is C32H40ClN7O3. The highest BCUT2D eigenvalue weighted by molar-refractivity contribution is 6.30. The molecule has 2 aromatic carbocycles. The molecule has 2 aromatic heterocycles. The smallest absolute Gasteiger partial charge is 0.216 e. The van der Waals surface area contributed by atoms with Crippen molar-refractivity contribution in [3.8, 4) is 11.4 Å². The molecule has 1 aliphatic rings. The Kier molecular flexibility index (Phi) is 13.6. The second-order valence-electron chi connectivity index (χ2n) is 10.2.